The van der Waals surface area contributed by atoms with Crippen LogP contribution in [0.1, 0.15) is 22.7 Å². The van der Waals surface area contributed by atoms with E-state index < -0.39 is 0 Å². The van der Waals surface area contributed by atoms with Crippen LogP contribution in [0.15, 0.2) is 46.9 Å². The minimum Gasteiger partial charge on any atom is -0.493 e. The molecule has 98 valence electrons. The van der Waals surface area contributed by atoms with E-state index in [2.05, 4.69) is 46.3 Å². The van der Waals surface area contributed by atoms with E-state index in [1.165, 1.54) is 11.1 Å². The third-order valence-corrected chi connectivity index (χ3v) is 3.98. The first-order valence-corrected chi connectivity index (χ1v) is 7.28. The van der Waals surface area contributed by atoms with E-state index in [1.807, 2.05) is 12.1 Å². The van der Waals surface area contributed by atoms with Gasteiger partial charge in [0, 0.05) is 22.5 Å². The van der Waals surface area contributed by atoms with E-state index in [-0.39, 0.29) is 6.04 Å². The molecule has 0 amide bonds. The smallest absolute Gasteiger partial charge is 0.127 e. The molecule has 0 bridgehead atoms. The maximum atomic E-state index is 6.35. The molecular formula is C16H16BrNO. The molecule has 1 aliphatic heterocycles. The zero-order valence-electron chi connectivity index (χ0n) is 10.6. The maximum Gasteiger partial charge on any atom is 0.127 e. The van der Waals surface area contributed by atoms with Gasteiger partial charge in [-0.2, -0.15) is 0 Å². The molecule has 0 aliphatic carbocycles. The van der Waals surface area contributed by atoms with Gasteiger partial charge in [0.05, 0.1) is 6.61 Å². The fourth-order valence-corrected chi connectivity index (χ4v) is 3.01. The van der Waals surface area contributed by atoms with E-state index in [1.54, 1.807) is 0 Å². The van der Waals surface area contributed by atoms with Crippen LogP contribution in [0.4, 0.5) is 0 Å². The Labute approximate surface area is 121 Å². The van der Waals surface area contributed by atoms with Crippen molar-refractivity contribution >= 4 is 15.9 Å². The lowest BCUT2D eigenvalue weighted by molar-refractivity contribution is 0.351. The van der Waals surface area contributed by atoms with Crippen LogP contribution in [0.5, 0.6) is 5.75 Å². The molecule has 0 aromatic heterocycles. The lowest BCUT2D eigenvalue weighted by atomic mass is 9.97. The molecule has 2 nitrogen and oxygen atoms in total. The Morgan fingerprint density at radius 1 is 1.21 bits per heavy atom. The van der Waals surface area contributed by atoms with Gasteiger partial charge in [-0.15, -0.1) is 0 Å². The fraction of sp³-hybridized carbons (Fsp3) is 0.250. The van der Waals surface area contributed by atoms with Gasteiger partial charge in [-0.1, -0.05) is 46.3 Å². The molecule has 1 aliphatic rings. The number of hydrogen-bond donors (Lipinski definition) is 1. The van der Waals surface area contributed by atoms with Crippen molar-refractivity contribution in [2.75, 3.05) is 6.61 Å². The number of hydrogen-bond acceptors (Lipinski definition) is 2. The Hall–Kier alpha value is -1.32. The van der Waals surface area contributed by atoms with Gasteiger partial charge >= 0.3 is 0 Å². The van der Waals surface area contributed by atoms with Crippen LogP contribution in [0, 0.1) is 0 Å². The van der Waals surface area contributed by atoms with Crippen LogP contribution in [0.25, 0.3) is 0 Å². The van der Waals surface area contributed by atoms with Crippen molar-refractivity contribution < 1.29 is 4.74 Å². The molecule has 3 rings (SSSR count). The predicted octanol–water partition coefficient (Wildman–Crippen LogP) is 3.63. The van der Waals surface area contributed by atoms with Gasteiger partial charge in [0.15, 0.2) is 0 Å². The molecule has 1 heterocycles. The van der Waals surface area contributed by atoms with E-state index in [9.17, 15) is 0 Å². The number of nitrogens with two attached hydrogens (primary N) is 1. The van der Waals surface area contributed by atoms with Crippen LogP contribution in [-0.2, 0) is 12.8 Å². The van der Waals surface area contributed by atoms with E-state index in [0.29, 0.717) is 0 Å². The first-order valence-electron chi connectivity index (χ1n) is 6.48. The summed E-state index contributed by atoms with van der Waals surface area (Å²) in [5, 5.41) is 0. The first-order chi connectivity index (χ1) is 9.24. The van der Waals surface area contributed by atoms with Crippen molar-refractivity contribution in [3.8, 4) is 5.75 Å². The van der Waals surface area contributed by atoms with Gasteiger partial charge in [0.25, 0.3) is 0 Å². The second kappa shape index (κ2) is 5.35. The van der Waals surface area contributed by atoms with Crippen molar-refractivity contribution in [1.82, 2.24) is 0 Å². The molecule has 1 unspecified atom stereocenters. The lowest BCUT2D eigenvalue weighted by Gasteiger charge is -2.15. The molecule has 0 saturated heterocycles. The van der Waals surface area contributed by atoms with Crippen molar-refractivity contribution in [1.29, 1.82) is 0 Å². The second-order valence-corrected chi connectivity index (χ2v) is 5.79. The highest BCUT2D eigenvalue weighted by Gasteiger charge is 2.19. The Morgan fingerprint density at radius 2 is 2.05 bits per heavy atom. The average molecular weight is 318 g/mol. The Kier molecular flexibility index (Phi) is 3.58. The summed E-state index contributed by atoms with van der Waals surface area (Å²) in [6.45, 7) is 0.774. The van der Waals surface area contributed by atoms with E-state index in [0.717, 1.165) is 35.2 Å². The second-order valence-electron chi connectivity index (χ2n) is 4.87. The van der Waals surface area contributed by atoms with Gasteiger partial charge in [-0.05, 0) is 29.7 Å². The van der Waals surface area contributed by atoms with Crippen molar-refractivity contribution in [3.63, 3.8) is 0 Å². The highest BCUT2D eigenvalue weighted by molar-refractivity contribution is 9.10. The summed E-state index contributed by atoms with van der Waals surface area (Å²) in [5.74, 6) is 1.00. The number of rotatable bonds is 3. The van der Waals surface area contributed by atoms with Crippen LogP contribution in [0.3, 0.4) is 0 Å². The molecule has 19 heavy (non-hydrogen) atoms. The Morgan fingerprint density at radius 3 is 2.89 bits per heavy atom. The summed E-state index contributed by atoms with van der Waals surface area (Å²) in [7, 11) is 0. The highest BCUT2D eigenvalue weighted by atomic mass is 79.9. The number of halogens is 1. The molecule has 0 fully saturated rings. The van der Waals surface area contributed by atoms with Gasteiger partial charge in [0.2, 0.25) is 0 Å². The monoisotopic (exact) mass is 317 g/mol. The molecule has 0 spiro atoms. The lowest BCUT2D eigenvalue weighted by Crippen LogP contribution is -2.14. The normalized spacial score (nSPS) is 14.8. The van der Waals surface area contributed by atoms with Crippen LogP contribution in [-0.4, -0.2) is 6.61 Å². The first kappa shape index (κ1) is 12.7. The van der Waals surface area contributed by atoms with Gasteiger partial charge in [0.1, 0.15) is 5.75 Å². The van der Waals surface area contributed by atoms with Gasteiger partial charge in [-0.25, -0.2) is 0 Å². The van der Waals surface area contributed by atoms with Crippen LogP contribution in [0.2, 0.25) is 0 Å². The molecular weight excluding hydrogens is 302 g/mol. The number of fused-ring (bicyclic) bond motifs is 1. The third-order valence-electron chi connectivity index (χ3n) is 3.49. The molecule has 1 atom stereocenters. The summed E-state index contributed by atoms with van der Waals surface area (Å²) in [6.07, 6.45) is 1.81. The van der Waals surface area contributed by atoms with Gasteiger partial charge in [-0.3, -0.25) is 0 Å². The molecule has 2 aromatic rings. The molecule has 2 aromatic carbocycles. The van der Waals surface area contributed by atoms with Crippen LogP contribution < -0.4 is 10.5 Å². The fourth-order valence-electron chi connectivity index (χ4n) is 2.56. The third kappa shape index (κ3) is 2.67. The average Bonchev–Trinajstić information content (AvgIpc) is 2.86. The maximum absolute atomic E-state index is 6.35. The Balaban J connectivity index is 1.85. The molecule has 2 N–H and O–H groups in total. The van der Waals surface area contributed by atoms with E-state index >= 15 is 0 Å². The Bertz CT molecular complexity index is 597. The SMILES string of the molecule is NC(Cc1cccc(Br)c1)c1cccc2c1OCC2. The highest BCUT2D eigenvalue weighted by Crippen LogP contribution is 2.33. The molecule has 0 saturated carbocycles. The zero-order valence-corrected chi connectivity index (χ0v) is 12.2. The topological polar surface area (TPSA) is 35.2 Å². The summed E-state index contributed by atoms with van der Waals surface area (Å²) < 4.78 is 6.81. The quantitative estimate of drug-likeness (QED) is 0.938. The van der Waals surface area contributed by atoms with Crippen molar-refractivity contribution in [2.24, 2.45) is 5.73 Å². The van der Waals surface area contributed by atoms with Crippen molar-refractivity contribution in [3.05, 3.63) is 63.6 Å². The minimum atomic E-state index is -0.0256. The van der Waals surface area contributed by atoms with Gasteiger partial charge < -0.3 is 10.5 Å². The summed E-state index contributed by atoms with van der Waals surface area (Å²) in [4.78, 5) is 0. The largest absolute Gasteiger partial charge is 0.493 e. The minimum absolute atomic E-state index is 0.0256. The number of ether oxygens (including phenoxy) is 1. The van der Waals surface area contributed by atoms with Crippen LogP contribution >= 0.6 is 15.9 Å². The molecule has 3 heteroatoms. The summed E-state index contributed by atoms with van der Waals surface area (Å²) >= 11 is 3.49. The summed E-state index contributed by atoms with van der Waals surface area (Å²) in [5.41, 5.74) is 9.99. The zero-order chi connectivity index (χ0) is 13.2. The summed E-state index contributed by atoms with van der Waals surface area (Å²) in [6, 6.07) is 14.5. The van der Waals surface area contributed by atoms with E-state index in [4.69, 9.17) is 10.5 Å². The molecule has 0 radical (unpaired) electrons. The standard InChI is InChI=1S/C16H16BrNO/c17-13-5-1-3-11(9-13)10-15(18)14-6-2-4-12-7-8-19-16(12)14/h1-6,9,15H,7-8,10,18H2. The van der Waals surface area contributed by atoms with Crippen molar-refractivity contribution in [2.45, 2.75) is 18.9 Å². The number of para-hydroxylation sites is 1. The predicted molar refractivity (Wildman–Crippen MR) is 80.4 cm³/mol. The number of benzene rings is 2.